The van der Waals surface area contributed by atoms with Gasteiger partial charge in [-0.15, -0.1) is 0 Å². The summed E-state index contributed by atoms with van der Waals surface area (Å²) in [6.07, 6.45) is 0.523. The molecule has 1 aromatic rings. The highest BCUT2D eigenvalue weighted by Crippen LogP contribution is 2.06. The Bertz CT molecular complexity index is 305. The zero-order valence-electron chi connectivity index (χ0n) is 7.72. The minimum Gasteiger partial charge on any atom is -0.292 e. The van der Waals surface area contributed by atoms with Crippen molar-refractivity contribution in [1.82, 2.24) is 4.98 Å². The smallest absolute Gasteiger partial charge is 0.180 e. The summed E-state index contributed by atoms with van der Waals surface area (Å²) in [5.74, 6) is 0.109. The maximum Gasteiger partial charge on any atom is 0.180 e. The summed E-state index contributed by atoms with van der Waals surface area (Å²) in [6.45, 7) is 5.75. The highest BCUT2D eigenvalue weighted by atomic mass is 16.1. The van der Waals surface area contributed by atoms with Crippen molar-refractivity contribution in [3.63, 3.8) is 0 Å². The van der Waals surface area contributed by atoms with Crippen molar-refractivity contribution in [3.05, 3.63) is 29.1 Å². The molecule has 0 fully saturated rings. The first-order chi connectivity index (χ1) is 5.65. The zero-order chi connectivity index (χ0) is 9.14. The Morgan fingerprint density at radius 2 is 2.08 bits per heavy atom. The van der Waals surface area contributed by atoms with E-state index in [0.29, 0.717) is 12.1 Å². The fourth-order valence-corrected chi connectivity index (χ4v) is 0.967. The molecule has 1 heterocycles. The van der Waals surface area contributed by atoms with Crippen LogP contribution in [0.1, 0.15) is 35.1 Å². The monoisotopic (exact) mass is 163 g/mol. The minimum atomic E-state index is 0.109. The second-order valence-corrected chi connectivity index (χ2v) is 2.88. The number of hydrogen-bond acceptors (Lipinski definition) is 2. The highest BCUT2D eigenvalue weighted by Gasteiger charge is 2.04. The molecule has 12 heavy (non-hydrogen) atoms. The molecule has 0 bridgehead atoms. The van der Waals surface area contributed by atoms with Crippen molar-refractivity contribution in [2.75, 3.05) is 0 Å². The van der Waals surface area contributed by atoms with Gasteiger partial charge in [-0.05, 0) is 25.5 Å². The van der Waals surface area contributed by atoms with E-state index in [-0.39, 0.29) is 5.78 Å². The van der Waals surface area contributed by atoms with Crippen LogP contribution in [0.5, 0.6) is 0 Å². The van der Waals surface area contributed by atoms with Crippen LogP contribution < -0.4 is 0 Å². The molecule has 0 aliphatic rings. The van der Waals surface area contributed by atoms with Crippen molar-refractivity contribution in [1.29, 1.82) is 0 Å². The van der Waals surface area contributed by atoms with Crippen LogP contribution in [0.3, 0.4) is 0 Å². The number of hydrogen-bond donors (Lipinski definition) is 0. The van der Waals surface area contributed by atoms with E-state index in [1.807, 2.05) is 26.8 Å². The first-order valence-electron chi connectivity index (χ1n) is 4.12. The molecule has 1 aromatic heterocycles. The van der Waals surface area contributed by atoms with Crippen LogP contribution in [0.15, 0.2) is 12.1 Å². The Morgan fingerprint density at radius 3 is 2.58 bits per heavy atom. The van der Waals surface area contributed by atoms with Gasteiger partial charge in [-0.3, -0.25) is 4.79 Å². The molecular formula is C10H13NO. The quantitative estimate of drug-likeness (QED) is 0.626. The molecule has 0 spiro atoms. The Kier molecular flexibility index (Phi) is 2.58. The third-order valence-electron chi connectivity index (χ3n) is 1.96. The van der Waals surface area contributed by atoms with Gasteiger partial charge in [-0.2, -0.15) is 0 Å². The highest BCUT2D eigenvalue weighted by molar-refractivity contribution is 5.93. The van der Waals surface area contributed by atoms with Crippen LogP contribution in [-0.2, 0) is 0 Å². The van der Waals surface area contributed by atoms with Gasteiger partial charge in [0.15, 0.2) is 5.78 Å². The average molecular weight is 163 g/mol. The number of carbonyl (C=O) groups is 1. The number of aryl methyl sites for hydroxylation is 2. The van der Waals surface area contributed by atoms with Crippen LogP contribution in [0.4, 0.5) is 0 Å². The molecule has 0 saturated heterocycles. The van der Waals surface area contributed by atoms with Crippen molar-refractivity contribution >= 4 is 5.78 Å². The molecular weight excluding hydrogens is 150 g/mol. The van der Waals surface area contributed by atoms with Crippen LogP contribution in [0.25, 0.3) is 0 Å². The number of Topliss-reactive ketones (excluding diaryl/α,β-unsaturated/α-hetero) is 1. The Labute approximate surface area is 72.6 Å². The van der Waals surface area contributed by atoms with Gasteiger partial charge >= 0.3 is 0 Å². The van der Waals surface area contributed by atoms with E-state index >= 15 is 0 Å². The van der Waals surface area contributed by atoms with E-state index in [9.17, 15) is 4.79 Å². The fourth-order valence-electron chi connectivity index (χ4n) is 0.967. The summed E-state index contributed by atoms with van der Waals surface area (Å²) in [7, 11) is 0. The van der Waals surface area contributed by atoms with Crippen molar-refractivity contribution in [3.8, 4) is 0 Å². The van der Waals surface area contributed by atoms with Crippen molar-refractivity contribution < 1.29 is 4.79 Å². The molecule has 2 nitrogen and oxygen atoms in total. The zero-order valence-corrected chi connectivity index (χ0v) is 7.72. The van der Waals surface area contributed by atoms with Crippen LogP contribution in [0, 0.1) is 13.8 Å². The summed E-state index contributed by atoms with van der Waals surface area (Å²) in [4.78, 5) is 15.4. The van der Waals surface area contributed by atoms with Crippen molar-refractivity contribution in [2.45, 2.75) is 27.2 Å². The van der Waals surface area contributed by atoms with Gasteiger partial charge in [0.1, 0.15) is 5.69 Å². The van der Waals surface area contributed by atoms with Crippen LogP contribution in [0.2, 0.25) is 0 Å². The second-order valence-electron chi connectivity index (χ2n) is 2.88. The summed E-state index contributed by atoms with van der Waals surface area (Å²) in [5, 5.41) is 0. The maximum atomic E-state index is 11.2. The van der Waals surface area contributed by atoms with E-state index in [1.54, 1.807) is 6.07 Å². The lowest BCUT2D eigenvalue weighted by Crippen LogP contribution is -2.01. The molecule has 0 atom stereocenters. The Balaban J connectivity index is 3.05. The van der Waals surface area contributed by atoms with Gasteiger partial charge in [0.2, 0.25) is 0 Å². The first-order valence-corrected chi connectivity index (χ1v) is 4.12. The summed E-state index contributed by atoms with van der Waals surface area (Å²) in [5.41, 5.74) is 2.65. The van der Waals surface area contributed by atoms with Gasteiger partial charge in [0, 0.05) is 12.1 Å². The maximum absolute atomic E-state index is 11.2. The topological polar surface area (TPSA) is 30.0 Å². The minimum absolute atomic E-state index is 0.109. The average Bonchev–Trinajstić information content (AvgIpc) is 2.08. The molecule has 1 rings (SSSR count). The van der Waals surface area contributed by atoms with Crippen LogP contribution >= 0.6 is 0 Å². The third kappa shape index (κ3) is 1.70. The van der Waals surface area contributed by atoms with Crippen molar-refractivity contribution in [2.24, 2.45) is 0 Å². The molecule has 0 unspecified atom stereocenters. The number of nitrogens with zero attached hydrogens (tertiary/aromatic N) is 1. The van der Waals surface area contributed by atoms with Gasteiger partial charge < -0.3 is 0 Å². The second kappa shape index (κ2) is 3.48. The van der Waals surface area contributed by atoms with Crippen LogP contribution in [-0.4, -0.2) is 10.8 Å². The lowest BCUT2D eigenvalue weighted by atomic mass is 10.1. The predicted molar refractivity (Wildman–Crippen MR) is 48.3 cm³/mol. The van der Waals surface area contributed by atoms with E-state index in [4.69, 9.17) is 0 Å². The number of carbonyl (C=O) groups excluding carboxylic acids is 1. The molecule has 0 N–H and O–H groups in total. The van der Waals surface area contributed by atoms with E-state index in [0.717, 1.165) is 11.3 Å². The number of ketones is 1. The third-order valence-corrected chi connectivity index (χ3v) is 1.96. The molecule has 2 heteroatoms. The lowest BCUT2D eigenvalue weighted by molar-refractivity contribution is 0.0983. The van der Waals surface area contributed by atoms with Gasteiger partial charge in [0.05, 0.1) is 0 Å². The summed E-state index contributed by atoms with van der Waals surface area (Å²) < 4.78 is 0. The molecule has 0 saturated carbocycles. The normalized spacial score (nSPS) is 9.92. The molecule has 0 radical (unpaired) electrons. The number of aromatic nitrogens is 1. The Hall–Kier alpha value is -1.18. The molecule has 0 aliphatic carbocycles. The van der Waals surface area contributed by atoms with E-state index in [1.165, 1.54) is 0 Å². The van der Waals surface area contributed by atoms with Gasteiger partial charge in [0.25, 0.3) is 0 Å². The lowest BCUT2D eigenvalue weighted by Gasteiger charge is -2.01. The SMILES string of the molecule is CCC(=O)c1ccc(C)c(C)n1. The first kappa shape index (κ1) is 8.91. The fraction of sp³-hybridized carbons (Fsp3) is 0.400. The molecule has 0 aromatic carbocycles. The largest absolute Gasteiger partial charge is 0.292 e. The van der Waals surface area contributed by atoms with E-state index < -0.39 is 0 Å². The molecule has 64 valence electrons. The predicted octanol–water partition coefficient (Wildman–Crippen LogP) is 2.29. The Morgan fingerprint density at radius 1 is 1.42 bits per heavy atom. The number of pyridine rings is 1. The molecule has 0 aliphatic heterocycles. The standard InChI is InChI=1S/C10H13NO/c1-4-10(12)9-6-5-7(2)8(3)11-9/h5-6H,4H2,1-3H3. The number of rotatable bonds is 2. The van der Waals surface area contributed by atoms with Gasteiger partial charge in [-0.25, -0.2) is 4.98 Å². The van der Waals surface area contributed by atoms with Gasteiger partial charge in [-0.1, -0.05) is 13.0 Å². The summed E-state index contributed by atoms with van der Waals surface area (Å²) >= 11 is 0. The van der Waals surface area contributed by atoms with E-state index in [2.05, 4.69) is 4.98 Å². The summed E-state index contributed by atoms with van der Waals surface area (Å²) in [6, 6.07) is 3.72. The molecule has 0 amide bonds.